The molecule has 2 fully saturated rings. The zero-order valence-corrected chi connectivity index (χ0v) is 42.8. The third-order valence-corrected chi connectivity index (χ3v) is 12.6. The Labute approximate surface area is 408 Å². The number of hydrogen-bond donors (Lipinski definition) is 0. The van der Waals surface area contributed by atoms with Crippen LogP contribution in [0.4, 0.5) is 0 Å². The number of carbonyl (C=O) groups is 8. The van der Waals surface area contributed by atoms with E-state index in [1.54, 1.807) is 60.7 Å². The predicted octanol–water partition coefficient (Wildman–Crippen LogP) is 5.81. The summed E-state index contributed by atoms with van der Waals surface area (Å²) in [6.45, 7) is 16.5. The van der Waals surface area contributed by atoms with Gasteiger partial charge in [-0.15, -0.1) is 0 Å². The van der Waals surface area contributed by atoms with E-state index in [1.165, 1.54) is 42.8 Å². The molecule has 0 N–H and O–H groups in total. The summed E-state index contributed by atoms with van der Waals surface area (Å²) in [5.74, 6) is -6.79. The molecule has 2 heterocycles. The van der Waals surface area contributed by atoms with Gasteiger partial charge in [0.05, 0.1) is 0 Å². The molecule has 2 aliphatic rings. The van der Waals surface area contributed by atoms with Crippen molar-refractivity contribution in [3.63, 3.8) is 0 Å². The van der Waals surface area contributed by atoms with E-state index in [-0.39, 0.29) is 75.2 Å². The van der Waals surface area contributed by atoms with E-state index in [4.69, 9.17) is 18.9 Å². The molecule has 2 bridgehead atoms. The SMILES string of the molecule is CC(C)C[C@H]1C(=O)O[C@H](Cc2ccccc2)C(=O)N(C)[C@@H](CC(C)C)C(=O)O[C@@H]2CCCN(C2=O)[C@@H](CC(C)C)C(=O)O[C@H](Cc2ccccc2)C(=O)N(C)[C@@H](CC(C)C)C(=O)O[C@H](C)C(=O)N1C. The van der Waals surface area contributed by atoms with Gasteiger partial charge in [0, 0.05) is 40.5 Å². The minimum Gasteiger partial charge on any atom is -0.451 e. The van der Waals surface area contributed by atoms with Crippen molar-refractivity contribution in [2.45, 2.75) is 162 Å². The van der Waals surface area contributed by atoms with Crippen molar-refractivity contribution in [3.8, 4) is 0 Å². The van der Waals surface area contributed by atoms with Crippen LogP contribution < -0.4 is 0 Å². The van der Waals surface area contributed by atoms with E-state index in [0.717, 1.165) is 4.90 Å². The van der Waals surface area contributed by atoms with Gasteiger partial charge in [0.1, 0.15) is 24.2 Å². The van der Waals surface area contributed by atoms with Crippen LogP contribution in [0.1, 0.15) is 112 Å². The molecule has 2 saturated heterocycles. The van der Waals surface area contributed by atoms with Crippen molar-refractivity contribution in [1.29, 1.82) is 0 Å². The van der Waals surface area contributed by atoms with Crippen LogP contribution >= 0.6 is 0 Å². The Morgan fingerprint density at radius 3 is 1.22 bits per heavy atom. The first-order chi connectivity index (χ1) is 32.5. The summed E-state index contributed by atoms with van der Waals surface area (Å²) in [6.07, 6.45) is -4.76. The van der Waals surface area contributed by atoms with Gasteiger partial charge in [-0.3, -0.25) is 19.2 Å². The van der Waals surface area contributed by atoms with Gasteiger partial charge >= 0.3 is 23.9 Å². The molecular weight excluding hydrogens is 885 g/mol. The molecule has 16 heteroatoms. The Hall–Kier alpha value is -5.80. The Morgan fingerprint density at radius 1 is 0.464 bits per heavy atom. The first-order valence-electron chi connectivity index (χ1n) is 24.5. The molecule has 380 valence electrons. The maximum atomic E-state index is 14.7. The maximum Gasteiger partial charge on any atom is 0.329 e. The fraction of sp³-hybridized carbons (Fsp3) is 0.623. The van der Waals surface area contributed by atoms with E-state index >= 15 is 0 Å². The molecule has 0 spiro atoms. The molecule has 2 aromatic rings. The summed E-state index contributed by atoms with van der Waals surface area (Å²) in [4.78, 5) is 121. The summed E-state index contributed by atoms with van der Waals surface area (Å²) in [6, 6.07) is 13.0. The highest BCUT2D eigenvalue weighted by Gasteiger charge is 2.45. The van der Waals surface area contributed by atoms with Crippen LogP contribution in [-0.2, 0) is 70.1 Å². The third-order valence-electron chi connectivity index (χ3n) is 12.6. The largest absolute Gasteiger partial charge is 0.451 e. The molecule has 4 rings (SSSR count). The minimum absolute atomic E-state index is 0.0650. The Bertz CT molecular complexity index is 2080. The van der Waals surface area contributed by atoms with Gasteiger partial charge in [-0.1, -0.05) is 116 Å². The molecule has 0 saturated carbocycles. The standard InChI is InChI=1S/C53H76N4O12/c1-32(2)26-39-50(62)66-36(9)46(58)54(10)40(27-33(3)4)52(64)68-44(30-37-20-15-13-16-21-37)47(59)56(12)41(28-34(5)6)51(63)67-43-24-19-25-57(49(43)61)42(29-35(7)8)53(65)69-45(48(60)55(39)11)31-38-22-17-14-18-23-38/h13-18,20-23,32-36,39-45H,19,24-31H2,1-12H3/t36-,39+,40+,41+,42+,43-,44-,45-/m1/s1. The second-order valence-electron chi connectivity index (χ2n) is 20.3. The summed E-state index contributed by atoms with van der Waals surface area (Å²) >= 11 is 0. The van der Waals surface area contributed by atoms with Crippen molar-refractivity contribution >= 4 is 47.5 Å². The number of ether oxygens (including phenoxy) is 4. The number of esters is 4. The zero-order valence-electron chi connectivity index (χ0n) is 42.8. The summed E-state index contributed by atoms with van der Waals surface area (Å²) in [7, 11) is 4.23. The van der Waals surface area contributed by atoms with Gasteiger partial charge in [0.25, 0.3) is 23.6 Å². The van der Waals surface area contributed by atoms with E-state index in [1.807, 2.05) is 55.4 Å². The number of nitrogens with zero attached hydrogens (tertiary/aromatic N) is 4. The molecular formula is C53H76N4O12. The van der Waals surface area contributed by atoms with Gasteiger partial charge in [-0.05, 0) is 80.2 Å². The van der Waals surface area contributed by atoms with Crippen molar-refractivity contribution in [3.05, 3.63) is 71.8 Å². The molecule has 0 radical (unpaired) electrons. The van der Waals surface area contributed by atoms with Gasteiger partial charge in [0.2, 0.25) is 0 Å². The maximum absolute atomic E-state index is 14.7. The number of hydrogen-bond acceptors (Lipinski definition) is 12. The lowest BCUT2D eigenvalue weighted by molar-refractivity contribution is -0.178. The number of amides is 4. The van der Waals surface area contributed by atoms with Gasteiger partial charge < -0.3 is 38.5 Å². The average molecular weight is 961 g/mol. The first-order valence-corrected chi connectivity index (χ1v) is 24.5. The second kappa shape index (κ2) is 25.7. The molecule has 0 aliphatic carbocycles. The summed E-state index contributed by atoms with van der Waals surface area (Å²) in [5.41, 5.74) is 1.32. The van der Waals surface area contributed by atoms with E-state index in [0.29, 0.717) is 17.5 Å². The van der Waals surface area contributed by atoms with E-state index in [9.17, 15) is 38.4 Å². The summed E-state index contributed by atoms with van der Waals surface area (Å²) < 4.78 is 24.1. The van der Waals surface area contributed by atoms with Crippen molar-refractivity contribution < 1.29 is 57.3 Å². The fourth-order valence-electron chi connectivity index (χ4n) is 8.83. The molecule has 69 heavy (non-hydrogen) atoms. The number of rotatable bonds is 12. The van der Waals surface area contributed by atoms with Gasteiger partial charge in [-0.25, -0.2) is 19.2 Å². The Balaban J connectivity index is 1.87. The number of cyclic esters (lactones) is 3. The molecule has 4 amide bonds. The van der Waals surface area contributed by atoms with Crippen LogP contribution in [0.3, 0.4) is 0 Å². The van der Waals surface area contributed by atoms with Gasteiger partial charge in [-0.2, -0.15) is 0 Å². The summed E-state index contributed by atoms with van der Waals surface area (Å²) in [5, 5.41) is 0. The van der Waals surface area contributed by atoms with Crippen molar-refractivity contribution in [2.75, 3.05) is 27.7 Å². The topological polar surface area (TPSA) is 186 Å². The van der Waals surface area contributed by atoms with Crippen LogP contribution in [0.25, 0.3) is 0 Å². The van der Waals surface area contributed by atoms with Crippen LogP contribution in [0.2, 0.25) is 0 Å². The monoisotopic (exact) mass is 961 g/mol. The molecule has 0 unspecified atom stereocenters. The van der Waals surface area contributed by atoms with Gasteiger partial charge in [0.15, 0.2) is 24.4 Å². The second-order valence-corrected chi connectivity index (χ2v) is 20.3. The molecule has 8 atom stereocenters. The Kier molecular flexibility index (Phi) is 20.8. The van der Waals surface area contributed by atoms with Crippen LogP contribution in [-0.4, -0.2) is 143 Å². The van der Waals surface area contributed by atoms with Crippen molar-refractivity contribution in [1.82, 2.24) is 19.6 Å². The molecule has 16 nitrogen and oxygen atoms in total. The number of carbonyl (C=O) groups excluding carboxylic acids is 8. The number of piperidine rings is 1. The molecule has 0 aromatic heterocycles. The lowest BCUT2D eigenvalue weighted by Crippen LogP contribution is -2.57. The minimum atomic E-state index is -1.46. The molecule has 2 aromatic carbocycles. The third kappa shape index (κ3) is 15.6. The van der Waals surface area contributed by atoms with Crippen molar-refractivity contribution in [2.24, 2.45) is 23.7 Å². The highest BCUT2D eigenvalue weighted by Crippen LogP contribution is 2.27. The van der Waals surface area contributed by atoms with E-state index in [2.05, 4.69) is 0 Å². The number of fused-ring (bicyclic) bond motifs is 2. The highest BCUT2D eigenvalue weighted by molar-refractivity contribution is 5.94. The highest BCUT2D eigenvalue weighted by atomic mass is 16.6. The smallest absolute Gasteiger partial charge is 0.329 e. The predicted molar refractivity (Wildman–Crippen MR) is 258 cm³/mol. The van der Waals surface area contributed by atoms with Crippen LogP contribution in [0, 0.1) is 23.7 Å². The van der Waals surface area contributed by atoms with E-state index < -0.39 is 96.1 Å². The molecule has 2 aliphatic heterocycles. The quantitative estimate of drug-likeness (QED) is 0.184. The first kappa shape index (κ1) is 55.8. The fourth-order valence-corrected chi connectivity index (χ4v) is 8.83. The normalized spacial score (nSPS) is 25.8. The lowest BCUT2D eigenvalue weighted by atomic mass is 9.97. The number of benzene rings is 2. The Morgan fingerprint density at radius 2 is 0.812 bits per heavy atom. The zero-order chi connectivity index (χ0) is 51.3. The lowest BCUT2D eigenvalue weighted by Gasteiger charge is -2.39. The number of likely N-dealkylation sites (N-methyl/N-ethyl adjacent to an activating group) is 3. The van der Waals surface area contributed by atoms with Crippen LogP contribution in [0.15, 0.2) is 60.7 Å². The van der Waals surface area contributed by atoms with Crippen LogP contribution in [0.5, 0.6) is 0 Å². The average Bonchev–Trinajstić information content (AvgIpc) is 3.29.